The van der Waals surface area contributed by atoms with Gasteiger partial charge in [0.25, 0.3) is 0 Å². The third kappa shape index (κ3) is 2.85. The van der Waals surface area contributed by atoms with Gasteiger partial charge in [-0.3, -0.25) is 4.79 Å². The zero-order chi connectivity index (χ0) is 27.1. The van der Waals surface area contributed by atoms with E-state index in [9.17, 15) is 30.3 Å². The van der Waals surface area contributed by atoms with E-state index in [0.29, 0.717) is 0 Å². The third-order valence-electron chi connectivity index (χ3n) is 11.6. The molecule has 5 heterocycles. The van der Waals surface area contributed by atoms with E-state index in [2.05, 4.69) is 13.8 Å². The summed E-state index contributed by atoms with van der Waals surface area (Å²) in [6.45, 7) is 11.7. The van der Waals surface area contributed by atoms with Crippen LogP contribution in [0.2, 0.25) is 0 Å². The normalized spacial score (nSPS) is 57.9. The van der Waals surface area contributed by atoms with E-state index in [-0.39, 0.29) is 60.7 Å². The fraction of sp³-hybridized carbons (Fsp3) is 0.893. The molecule has 3 bridgehead atoms. The van der Waals surface area contributed by atoms with Crippen LogP contribution in [0.25, 0.3) is 0 Å². The van der Waals surface area contributed by atoms with Gasteiger partial charge in [0.15, 0.2) is 5.78 Å². The first-order valence-electron chi connectivity index (χ1n) is 13.9. The summed E-state index contributed by atoms with van der Waals surface area (Å²) in [5.74, 6) is -4.39. The Kier molecular flexibility index (Phi) is 5.43. The van der Waals surface area contributed by atoms with Crippen LogP contribution in [0.15, 0.2) is 11.6 Å². The van der Waals surface area contributed by atoms with Gasteiger partial charge in [0, 0.05) is 29.7 Å². The second-order valence-corrected chi connectivity index (χ2v) is 13.6. The van der Waals surface area contributed by atoms with Crippen LogP contribution in [-0.4, -0.2) is 85.1 Å². The minimum absolute atomic E-state index is 0.0000565. The molecule has 5 N–H and O–H groups in total. The van der Waals surface area contributed by atoms with Crippen molar-refractivity contribution in [2.45, 2.75) is 121 Å². The van der Waals surface area contributed by atoms with E-state index in [4.69, 9.17) is 14.2 Å². The van der Waals surface area contributed by atoms with Crippen LogP contribution in [0.1, 0.15) is 67.2 Å². The maximum atomic E-state index is 14.3. The number of ketones is 1. The number of rotatable bonds is 3. The van der Waals surface area contributed by atoms with Crippen molar-refractivity contribution in [1.29, 1.82) is 0 Å². The summed E-state index contributed by atoms with van der Waals surface area (Å²) in [6, 6.07) is 0. The van der Waals surface area contributed by atoms with Gasteiger partial charge in [-0.2, -0.15) is 0 Å². The summed E-state index contributed by atoms with van der Waals surface area (Å²) < 4.78 is 19.2. The number of ether oxygens (including phenoxy) is 3. The lowest BCUT2D eigenvalue weighted by Gasteiger charge is -2.60. The van der Waals surface area contributed by atoms with Gasteiger partial charge >= 0.3 is 0 Å². The van der Waals surface area contributed by atoms with Gasteiger partial charge in [0.05, 0.1) is 29.8 Å². The average molecular weight is 523 g/mol. The lowest BCUT2D eigenvalue weighted by molar-refractivity contribution is -0.408. The number of aliphatic hydroxyl groups is 5. The van der Waals surface area contributed by atoms with Crippen LogP contribution in [0.3, 0.4) is 0 Å². The molecule has 0 aromatic heterocycles. The highest BCUT2D eigenvalue weighted by Crippen LogP contribution is 2.74. The molecule has 9 heteroatoms. The van der Waals surface area contributed by atoms with Crippen molar-refractivity contribution < 1.29 is 44.5 Å². The first-order chi connectivity index (χ1) is 17.1. The summed E-state index contributed by atoms with van der Waals surface area (Å²) >= 11 is 0. The molecule has 0 aromatic rings. The number of carbonyl (C=O) groups is 1. The van der Waals surface area contributed by atoms with E-state index in [1.807, 2.05) is 20.8 Å². The molecule has 1 saturated carbocycles. The molecule has 0 aromatic carbocycles. The molecule has 1 spiro atoms. The van der Waals surface area contributed by atoms with Gasteiger partial charge in [-0.25, -0.2) is 0 Å². The summed E-state index contributed by atoms with van der Waals surface area (Å²) in [5.41, 5.74) is -3.75. The highest BCUT2D eigenvalue weighted by atomic mass is 16.8. The number of hydrogen-bond donors (Lipinski definition) is 5. The van der Waals surface area contributed by atoms with E-state index in [0.717, 1.165) is 0 Å². The van der Waals surface area contributed by atoms with Crippen LogP contribution < -0.4 is 0 Å². The highest BCUT2D eigenvalue weighted by molar-refractivity contribution is 5.95. The first-order valence-corrected chi connectivity index (χ1v) is 13.9. The molecule has 5 fully saturated rings. The summed E-state index contributed by atoms with van der Waals surface area (Å²) in [6.07, 6.45) is -3.37. The third-order valence-corrected chi connectivity index (χ3v) is 11.6. The van der Waals surface area contributed by atoms with E-state index >= 15 is 0 Å². The predicted octanol–water partition coefficient (Wildman–Crippen LogP) is 1.04. The van der Waals surface area contributed by atoms with Crippen molar-refractivity contribution in [3.05, 3.63) is 11.6 Å². The summed E-state index contributed by atoms with van der Waals surface area (Å²) in [7, 11) is 0. The second kappa shape index (κ2) is 7.63. The molecule has 6 aliphatic rings. The molecule has 208 valence electrons. The van der Waals surface area contributed by atoms with Crippen molar-refractivity contribution in [1.82, 2.24) is 0 Å². The average Bonchev–Trinajstić information content (AvgIpc) is 3.33. The molecule has 6 rings (SSSR count). The topological polar surface area (TPSA) is 146 Å². The molecule has 0 unspecified atom stereocenters. The number of Topliss-reactive ketones (excluding diaryl/α,β-unsaturated/α-hetero) is 1. The zero-order valence-electron chi connectivity index (χ0n) is 22.5. The van der Waals surface area contributed by atoms with Gasteiger partial charge in [0.1, 0.15) is 17.8 Å². The smallest absolute Gasteiger partial charge is 0.210 e. The maximum absolute atomic E-state index is 14.3. The second-order valence-electron chi connectivity index (χ2n) is 13.6. The van der Waals surface area contributed by atoms with Gasteiger partial charge in [-0.1, -0.05) is 34.6 Å². The number of carbonyl (C=O) groups excluding carboxylic acids is 1. The molecule has 14 atom stereocenters. The zero-order valence-corrected chi connectivity index (χ0v) is 22.5. The van der Waals surface area contributed by atoms with Gasteiger partial charge < -0.3 is 39.7 Å². The maximum Gasteiger partial charge on any atom is 0.210 e. The van der Waals surface area contributed by atoms with Crippen LogP contribution in [0.4, 0.5) is 0 Å². The van der Waals surface area contributed by atoms with E-state index < -0.39 is 64.6 Å². The van der Waals surface area contributed by atoms with Crippen molar-refractivity contribution in [2.24, 2.45) is 34.5 Å². The molecule has 4 saturated heterocycles. The molecular formula is C28H42O9. The largest absolute Gasteiger partial charge is 0.393 e. The van der Waals surface area contributed by atoms with Crippen molar-refractivity contribution in [2.75, 3.05) is 0 Å². The van der Waals surface area contributed by atoms with Gasteiger partial charge in [-0.15, -0.1) is 0 Å². The van der Waals surface area contributed by atoms with Crippen LogP contribution >= 0.6 is 0 Å². The van der Waals surface area contributed by atoms with Crippen molar-refractivity contribution in [3.63, 3.8) is 0 Å². The Morgan fingerprint density at radius 3 is 2.43 bits per heavy atom. The molecular weight excluding hydrogens is 480 g/mol. The first kappa shape index (κ1) is 26.3. The van der Waals surface area contributed by atoms with Crippen molar-refractivity contribution in [3.8, 4) is 0 Å². The van der Waals surface area contributed by atoms with Gasteiger partial charge in [0.2, 0.25) is 11.6 Å². The highest BCUT2D eigenvalue weighted by Gasteiger charge is 2.85. The van der Waals surface area contributed by atoms with Crippen LogP contribution in [0.5, 0.6) is 0 Å². The minimum Gasteiger partial charge on any atom is -0.393 e. The molecule has 1 aliphatic carbocycles. The molecule has 9 nitrogen and oxygen atoms in total. The SMILES string of the molecule is CC(C)[C@@H](C)[C@@H](O)[C@@H]1O[C@H]2C[C@]3(O)C4=C[C@H](O)[C@@]5(O)C[C@@H](O)CC[C@]6(C)C(=O)[C@H](O[C@@]46O5)[C@]3(C)[C@H]2[C@@H]1C. The predicted molar refractivity (Wildman–Crippen MR) is 130 cm³/mol. The summed E-state index contributed by atoms with van der Waals surface area (Å²) in [5, 5.41) is 56.7. The minimum atomic E-state index is -2.16. The molecule has 0 amide bonds. The molecule has 0 radical (unpaired) electrons. The quantitative estimate of drug-likeness (QED) is 0.343. The number of aliphatic hydroxyl groups excluding tert-OH is 3. The lowest BCUT2D eigenvalue weighted by atomic mass is 9.59. The Hall–Kier alpha value is -0.910. The number of hydrogen-bond acceptors (Lipinski definition) is 9. The fourth-order valence-corrected chi connectivity index (χ4v) is 8.93. The van der Waals surface area contributed by atoms with Crippen LogP contribution in [-0.2, 0) is 19.0 Å². The lowest BCUT2D eigenvalue weighted by Crippen LogP contribution is -2.70. The summed E-state index contributed by atoms with van der Waals surface area (Å²) in [4.78, 5) is 14.3. The van der Waals surface area contributed by atoms with E-state index in [1.54, 1.807) is 6.92 Å². The Balaban J connectivity index is 1.49. The fourth-order valence-electron chi connectivity index (χ4n) is 8.93. The molecule has 37 heavy (non-hydrogen) atoms. The Morgan fingerprint density at radius 2 is 1.78 bits per heavy atom. The number of fused-ring (bicyclic) bond motifs is 7. The Bertz CT molecular complexity index is 1040. The Morgan fingerprint density at radius 1 is 1.11 bits per heavy atom. The molecule has 5 aliphatic heterocycles. The van der Waals surface area contributed by atoms with Crippen LogP contribution in [0, 0.1) is 34.5 Å². The monoisotopic (exact) mass is 522 g/mol. The van der Waals surface area contributed by atoms with Crippen molar-refractivity contribution >= 4 is 5.78 Å². The Labute approximate surface area is 217 Å². The standard InChI is InChI=1S/C28H42O9/c1-12(2)13(3)20(31)21-14(4)19-16(35-21)11-26(33)17-9-18(30)27(34)10-15(29)7-8-24(5)22(32)23(25(19,26)6)36-28(17,24)37-27/h9,12-16,18-21,23,29-31,33-34H,7-8,10-11H2,1-6H3/t13-,14+,15+,16+,18+,19+,20-,21-,23+,24-,25+,26+,27-,28-/m1/s1. The van der Waals surface area contributed by atoms with E-state index in [1.165, 1.54) is 6.08 Å². The van der Waals surface area contributed by atoms with Gasteiger partial charge in [-0.05, 0) is 43.6 Å².